The number of nitrogens with one attached hydrogen (secondary N) is 1. The summed E-state index contributed by atoms with van der Waals surface area (Å²) in [4.78, 5) is 2.32. The van der Waals surface area contributed by atoms with Gasteiger partial charge in [-0.1, -0.05) is 6.07 Å². The molecule has 2 atom stereocenters. The lowest BCUT2D eigenvalue weighted by atomic mass is 10.1. The largest absolute Gasteiger partial charge is 0.387 e. The van der Waals surface area contributed by atoms with Crippen molar-refractivity contribution in [3.8, 4) is 0 Å². The molecule has 0 amide bonds. The summed E-state index contributed by atoms with van der Waals surface area (Å²) in [6, 6.07) is 4.29. The van der Waals surface area contributed by atoms with Crippen LogP contribution in [0, 0.1) is 11.6 Å². The summed E-state index contributed by atoms with van der Waals surface area (Å²) in [5.74, 6) is -1.34. The van der Waals surface area contributed by atoms with Crippen molar-refractivity contribution in [2.24, 2.45) is 0 Å². The first kappa shape index (κ1) is 15.4. The number of halogens is 2. The smallest absolute Gasteiger partial charge is 0.131 e. The maximum Gasteiger partial charge on any atom is 0.131 e. The molecule has 0 aromatic heterocycles. The van der Waals surface area contributed by atoms with E-state index in [1.165, 1.54) is 18.9 Å². The van der Waals surface area contributed by atoms with Crippen molar-refractivity contribution in [1.82, 2.24) is 10.2 Å². The van der Waals surface area contributed by atoms with Crippen molar-refractivity contribution >= 4 is 0 Å². The number of rotatable bonds is 7. The first-order chi connectivity index (χ1) is 9.49. The number of hydrogen-bond donors (Lipinski definition) is 2. The molecule has 1 aliphatic rings. The van der Waals surface area contributed by atoms with Gasteiger partial charge in [0.05, 0.1) is 6.10 Å². The third-order valence-corrected chi connectivity index (χ3v) is 3.92. The van der Waals surface area contributed by atoms with E-state index < -0.39 is 17.7 Å². The molecular formula is C15H22F2N2O. The fourth-order valence-corrected chi connectivity index (χ4v) is 2.30. The Morgan fingerprint density at radius 3 is 2.65 bits per heavy atom. The highest BCUT2D eigenvalue weighted by molar-refractivity contribution is 5.21. The van der Waals surface area contributed by atoms with Gasteiger partial charge >= 0.3 is 0 Å². The average Bonchev–Trinajstić information content (AvgIpc) is 3.21. The van der Waals surface area contributed by atoms with Gasteiger partial charge in [-0.2, -0.15) is 0 Å². The van der Waals surface area contributed by atoms with Gasteiger partial charge in [0.15, 0.2) is 0 Å². The third kappa shape index (κ3) is 3.98. The van der Waals surface area contributed by atoms with Crippen LogP contribution in [0.2, 0.25) is 0 Å². The van der Waals surface area contributed by atoms with Crippen molar-refractivity contribution in [2.45, 2.75) is 38.0 Å². The van der Waals surface area contributed by atoms with Crippen LogP contribution in [0.25, 0.3) is 0 Å². The third-order valence-electron chi connectivity index (χ3n) is 3.92. The van der Waals surface area contributed by atoms with E-state index in [4.69, 9.17) is 0 Å². The Balaban J connectivity index is 1.78. The molecule has 1 aromatic carbocycles. The Kier molecular flexibility index (Phi) is 5.07. The van der Waals surface area contributed by atoms with Crippen LogP contribution in [0.3, 0.4) is 0 Å². The van der Waals surface area contributed by atoms with Crippen LogP contribution in [0.1, 0.15) is 31.4 Å². The van der Waals surface area contributed by atoms with Gasteiger partial charge in [0.25, 0.3) is 0 Å². The molecule has 2 unspecified atom stereocenters. The lowest BCUT2D eigenvalue weighted by Gasteiger charge is -2.25. The van der Waals surface area contributed by atoms with Gasteiger partial charge in [-0.25, -0.2) is 8.78 Å². The summed E-state index contributed by atoms with van der Waals surface area (Å²) in [7, 11) is 2.10. The molecular weight excluding hydrogens is 262 g/mol. The predicted octanol–water partition coefficient (Wildman–Crippen LogP) is 2.07. The SMILES string of the molecule is CC(CNCC(O)c1ccc(F)cc1F)N(C)C1CC1. The van der Waals surface area contributed by atoms with Crippen molar-refractivity contribution < 1.29 is 13.9 Å². The number of aliphatic hydroxyl groups is 1. The van der Waals surface area contributed by atoms with Crippen molar-refractivity contribution in [1.29, 1.82) is 0 Å². The molecule has 0 heterocycles. The lowest BCUT2D eigenvalue weighted by Crippen LogP contribution is -2.40. The number of hydrogen-bond acceptors (Lipinski definition) is 3. The molecule has 0 spiro atoms. The van der Waals surface area contributed by atoms with E-state index >= 15 is 0 Å². The number of likely N-dealkylation sites (N-methyl/N-ethyl adjacent to an activating group) is 1. The highest BCUT2D eigenvalue weighted by Crippen LogP contribution is 2.26. The first-order valence-corrected chi connectivity index (χ1v) is 7.04. The summed E-state index contributed by atoms with van der Waals surface area (Å²) in [5.41, 5.74) is 0.127. The minimum atomic E-state index is -0.964. The molecule has 5 heteroatoms. The number of aliphatic hydroxyl groups excluding tert-OH is 1. The zero-order valence-electron chi connectivity index (χ0n) is 11.9. The summed E-state index contributed by atoms with van der Waals surface area (Å²) in [6.07, 6.45) is 1.54. The van der Waals surface area contributed by atoms with Crippen molar-refractivity contribution in [2.75, 3.05) is 20.1 Å². The molecule has 20 heavy (non-hydrogen) atoms. The Labute approximate surface area is 118 Å². The molecule has 1 fully saturated rings. The van der Waals surface area contributed by atoms with Crippen LogP contribution in [0.4, 0.5) is 8.78 Å². The zero-order valence-corrected chi connectivity index (χ0v) is 11.9. The molecule has 2 N–H and O–H groups in total. The summed E-state index contributed by atoms with van der Waals surface area (Å²) in [6.45, 7) is 3.11. The van der Waals surface area contributed by atoms with Gasteiger partial charge in [0.1, 0.15) is 11.6 Å². The van der Waals surface area contributed by atoms with Crippen molar-refractivity contribution in [3.05, 3.63) is 35.4 Å². The Hall–Kier alpha value is -1.04. The second kappa shape index (κ2) is 6.61. The van der Waals surface area contributed by atoms with Gasteiger partial charge in [-0.15, -0.1) is 0 Å². The number of nitrogens with zero attached hydrogens (tertiary/aromatic N) is 1. The van der Waals surface area contributed by atoms with E-state index in [1.807, 2.05) is 0 Å². The highest BCUT2D eigenvalue weighted by atomic mass is 19.1. The second-order valence-corrected chi connectivity index (χ2v) is 5.59. The topological polar surface area (TPSA) is 35.5 Å². The Morgan fingerprint density at radius 2 is 2.05 bits per heavy atom. The maximum atomic E-state index is 13.5. The standard InChI is InChI=1S/C15H22F2N2O/c1-10(19(2)12-4-5-12)8-18-9-15(20)13-6-3-11(16)7-14(13)17/h3,6-7,10,12,15,18,20H,4-5,8-9H2,1-2H3. The van der Waals surface area contributed by atoms with Gasteiger partial charge in [0, 0.05) is 36.8 Å². The molecule has 1 aliphatic carbocycles. The van der Waals surface area contributed by atoms with Gasteiger partial charge in [-0.05, 0) is 32.9 Å². The molecule has 1 aromatic rings. The predicted molar refractivity (Wildman–Crippen MR) is 74.4 cm³/mol. The molecule has 3 nitrogen and oxygen atoms in total. The normalized spacial score (nSPS) is 18.3. The molecule has 0 bridgehead atoms. The monoisotopic (exact) mass is 284 g/mol. The van der Waals surface area contributed by atoms with Crippen LogP contribution in [0.15, 0.2) is 18.2 Å². The molecule has 0 radical (unpaired) electrons. The van der Waals surface area contributed by atoms with Crippen LogP contribution < -0.4 is 5.32 Å². The van der Waals surface area contributed by atoms with E-state index in [0.29, 0.717) is 12.1 Å². The van der Waals surface area contributed by atoms with Gasteiger partial charge < -0.3 is 10.4 Å². The van der Waals surface area contributed by atoms with Crippen LogP contribution in [0.5, 0.6) is 0 Å². The number of benzene rings is 1. The van der Waals surface area contributed by atoms with E-state index in [1.54, 1.807) is 0 Å². The molecule has 2 rings (SSSR count). The zero-order chi connectivity index (χ0) is 14.7. The highest BCUT2D eigenvalue weighted by Gasteiger charge is 2.28. The fraction of sp³-hybridized carbons (Fsp3) is 0.600. The molecule has 0 saturated heterocycles. The summed E-state index contributed by atoms with van der Waals surface area (Å²) in [5, 5.41) is 13.1. The minimum Gasteiger partial charge on any atom is -0.387 e. The maximum absolute atomic E-state index is 13.5. The first-order valence-electron chi connectivity index (χ1n) is 7.04. The van der Waals surface area contributed by atoms with E-state index in [0.717, 1.165) is 18.7 Å². The summed E-state index contributed by atoms with van der Waals surface area (Å²) >= 11 is 0. The van der Waals surface area contributed by atoms with E-state index in [9.17, 15) is 13.9 Å². The quantitative estimate of drug-likeness (QED) is 0.804. The fourth-order valence-electron chi connectivity index (χ4n) is 2.30. The van der Waals surface area contributed by atoms with E-state index in [2.05, 4.69) is 24.2 Å². The second-order valence-electron chi connectivity index (χ2n) is 5.59. The molecule has 112 valence electrons. The van der Waals surface area contributed by atoms with Crippen LogP contribution >= 0.6 is 0 Å². The molecule has 0 aliphatic heterocycles. The molecule has 1 saturated carbocycles. The van der Waals surface area contributed by atoms with E-state index in [-0.39, 0.29) is 12.1 Å². The van der Waals surface area contributed by atoms with Gasteiger partial charge in [0.2, 0.25) is 0 Å². The lowest BCUT2D eigenvalue weighted by molar-refractivity contribution is 0.162. The Bertz CT molecular complexity index is 451. The van der Waals surface area contributed by atoms with Crippen molar-refractivity contribution in [3.63, 3.8) is 0 Å². The van der Waals surface area contributed by atoms with Crippen LogP contribution in [-0.2, 0) is 0 Å². The summed E-state index contributed by atoms with van der Waals surface area (Å²) < 4.78 is 26.3. The van der Waals surface area contributed by atoms with Gasteiger partial charge in [-0.3, -0.25) is 4.90 Å². The van der Waals surface area contributed by atoms with Crippen LogP contribution in [-0.4, -0.2) is 42.2 Å². The Morgan fingerprint density at radius 1 is 1.35 bits per heavy atom. The minimum absolute atomic E-state index is 0.127. The average molecular weight is 284 g/mol.